The van der Waals surface area contributed by atoms with Crippen LogP contribution in [0, 0.1) is 16.7 Å². The van der Waals surface area contributed by atoms with Gasteiger partial charge in [0.2, 0.25) is 0 Å². The van der Waals surface area contributed by atoms with Crippen LogP contribution >= 0.6 is 0 Å². The molecule has 0 atom stereocenters. The third-order valence-electron chi connectivity index (χ3n) is 4.30. The summed E-state index contributed by atoms with van der Waals surface area (Å²) in [6.45, 7) is 4.80. The van der Waals surface area contributed by atoms with Crippen LogP contribution in [0.15, 0.2) is 42.9 Å². The van der Waals surface area contributed by atoms with Crippen molar-refractivity contribution in [2.45, 2.75) is 26.0 Å². The molecule has 29 heavy (non-hydrogen) atoms. The summed E-state index contributed by atoms with van der Waals surface area (Å²) in [6, 6.07) is 7.11. The number of ether oxygens (including phenoxy) is 2. The first-order valence-electron chi connectivity index (χ1n) is 9.03. The van der Waals surface area contributed by atoms with Crippen molar-refractivity contribution in [3.05, 3.63) is 54.1 Å². The Balaban J connectivity index is 2.19. The van der Waals surface area contributed by atoms with Gasteiger partial charge in [0.1, 0.15) is 11.6 Å². The number of amidine groups is 1. The minimum absolute atomic E-state index is 0.261. The van der Waals surface area contributed by atoms with Gasteiger partial charge in [-0.25, -0.2) is 9.97 Å². The van der Waals surface area contributed by atoms with Gasteiger partial charge in [0.25, 0.3) is 0 Å². The number of nitrogens with one attached hydrogen (secondary N) is 1. The van der Waals surface area contributed by atoms with Gasteiger partial charge >= 0.3 is 0 Å². The van der Waals surface area contributed by atoms with Crippen molar-refractivity contribution in [1.82, 2.24) is 14.9 Å². The molecule has 8 heteroatoms. The average Bonchev–Trinajstić information content (AvgIpc) is 2.73. The standard InChI is InChI=1S/C21H26N6O2/c1-21(2,28-4)14-27(3)19(24)7-8-29-18-9-15(10-22)5-6-17(18)20-25-12-16(11-23)13-26-20/h5-9,12-13,24H,11,14,23H2,1-4H3/b8-7+,24-19?. The van der Waals surface area contributed by atoms with Crippen LogP contribution in [0.1, 0.15) is 25.0 Å². The van der Waals surface area contributed by atoms with Crippen molar-refractivity contribution in [3.63, 3.8) is 0 Å². The highest BCUT2D eigenvalue weighted by Gasteiger charge is 2.19. The lowest BCUT2D eigenvalue weighted by molar-refractivity contribution is 0.00970. The Kier molecular flexibility index (Phi) is 7.42. The average molecular weight is 394 g/mol. The Morgan fingerprint density at radius 2 is 2.03 bits per heavy atom. The van der Waals surface area contributed by atoms with Crippen LogP contribution in [0.4, 0.5) is 0 Å². The molecule has 0 spiro atoms. The topological polar surface area (TPSA) is 121 Å². The molecule has 0 aliphatic rings. The summed E-state index contributed by atoms with van der Waals surface area (Å²) in [5, 5.41) is 17.4. The predicted molar refractivity (Wildman–Crippen MR) is 111 cm³/mol. The number of rotatable bonds is 8. The normalized spacial score (nSPS) is 11.3. The summed E-state index contributed by atoms with van der Waals surface area (Å²) < 4.78 is 11.1. The first-order valence-corrected chi connectivity index (χ1v) is 9.03. The lowest BCUT2D eigenvalue weighted by Gasteiger charge is -2.29. The highest BCUT2D eigenvalue weighted by molar-refractivity contribution is 5.89. The van der Waals surface area contributed by atoms with Crippen LogP contribution in [0.5, 0.6) is 5.75 Å². The summed E-state index contributed by atoms with van der Waals surface area (Å²) in [6.07, 6.45) is 6.25. The lowest BCUT2D eigenvalue weighted by atomic mass is 10.1. The SMILES string of the molecule is COC(C)(C)CN(C)C(=N)/C=C/Oc1cc(C#N)ccc1-c1ncc(CN)cn1. The van der Waals surface area contributed by atoms with Gasteiger partial charge in [-0.3, -0.25) is 5.41 Å². The van der Waals surface area contributed by atoms with Crippen LogP contribution in [0.25, 0.3) is 11.4 Å². The minimum atomic E-state index is -0.378. The molecule has 0 radical (unpaired) electrons. The van der Waals surface area contributed by atoms with E-state index in [1.165, 1.54) is 12.3 Å². The molecule has 0 bridgehead atoms. The maximum absolute atomic E-state index is 9.19. The van der Waals surface area contributed by atoms with Crippen molar-refractivity contribution in [2.24, 2.45) is 5.73 Å². The summed E-state index contributed by atoms with van der Waals surface area (Å²) in [5.74, 6) is 1.15. The van der Waals surface area contributed by atoms with Crippen LogP contribution < -0.4 is 10.5 Å². The fraction of sp³-hybridized carbons (Fsp3) is 0.333. The molecular formula is C21H26N6O2. The number of nitriles is 1. The van der Waals surface area contributed by atoms with Crippen LogP contribution in [-0.2, 0) is 11.3 Å². The smallest absolute Gasteiger partial charge is 0.162 e. The molecule has 0 aliphatic heterocycles. The Morgan fingerprint density at radius 3 is 2.62 bits per heavy atom. The molecule has 0 aliphatic carbocycles. The van der Waals surface area contributed by atoms with E-state index in [-0.39, 0.29) is 11.4 Å². The molecule has 0 fully saturated rings. The number of aromatic nitrogens is 2. The molecule has 0 amide bonds. The molecule has 3 N–H and O–H groups in total. The molecule has 1 aromatic carbocycles. The van der Waals surface area contributed by atoms with Gasteiger partial charge in [-0.05, 0) is 32.0 Å². The maximum Gasteiger partial charge on any atom is 0.162 e. The highest BCUT2D eigenvalue weighted by atomic mass is 16.5. The largest absolute Gasteiger partial charge is 0.464 e. The Hall–Kier alpha value is -3.28. The molecule has 8 nitrogen and oxygen atoms in total. The number of likely N-dealkylation sites (N-methyl/N-ethyl adjacent to an activating group) is 1. The van der Waals surface area contributed by atoms with Gasteiger partial charge < -0.3 is 20.1 Å². The summed E-state index contributed by atoms with van der Waals surface area (Å²) in [7, 11) is 3.45. The Bertz CT molecular complexity index is 916. The van der Waals surface area contributed by atoms with Crippen molar-refractivity contribution in [1.29, 1.82) is 10.7 Å². The van der Waals surface area contributed by atoms with Gasteiger partial charge in [-0.15, -0.1) is 0 Å². The van der Waals surface area contributed by atoms with E-state index in [4.69, 9.17) is 20.6 Å². The second-order valence-corrected chi connectivity index (χ2v) is 7.07. The fourth-order valence-corrected chi connectivity index (χ4v) is 2.49. The molecule has 1 heterocycles. The predicted octanol–water partition coefficient (Wildman–Crippen LogP) is 2.70. The van der Waals surface area contributed by atoms with E-state index in [1.54, 1.807) is 42.6 Å². The molecule has 0 unspecified atom stereocenters. The molecule has 2 rings (SSSR count). The van der Waals surface area contributed by atoms with Gasteiger partial charge in [-0.1, -0.05) is 0 Å². The fourth-order valence-electron chi connectivity index (χ4n) is 2.49. The first-order chi connectivity index (χ1) is 13.8. The van der Waals surface area contributed by atoms with E-state index in [1.807, 2.05) is 20.9 Å². The van der Waals surface area contributed by atoms with E-state index in [9.17, 15) is 5.26 Å². The third kappa shape index (κ3) is 6.10. The zero-order valence-electron chi connectivity index (χ0n) is 17.1. The number of methoxy groups -OCH3 is 1. The van der Waals surface area contributed by atoms with Crippen molar-refractivity contribution < 1.29 is 9.47 Å². The summed E-state index contributed by atoms with van der Waals surface area (Å²) in [5.41, 5.74) is 7.12. The quantitative estimate of drug-likeness (QED) is 0.401. The second kappa shape index (κ2) is 9.78. The summed E-state index contributed by atoms with van der Waals surface area (Å²) >= 11 is 0. The molecular weight excluding hydrogens is 368 g/mol. The van der Waals surface area contributed by atoms with Crippen molar-refractivity contribution >= 4 is 5.84 Å². The maximum atomic E-state index is 9.19. The molecule has 152 valence electrons. The zero-order chi connectivity index (χ0) is 21.4. The molecule has 2 aromatic rings. The van der Waals surface area contributed by atoms with Crippen molar-refractivity contribution in [3.8, 4) is 23.2 Å². The van der Waals surface area contributed by atoms with Gasteiger partial charge in [0, 0.05) is 51.3 Å². The first kappa shape index (κ1) is 22.0. The Labute approximate surface area is 171 Å². The van der Waals surface area contributed by atoms with Gasteiger partial charge in [-0.2, -0.15) is 5.26 Å². The van der Waals surface area contributed by atoms with Gasteiger partial charge in [0.15, 0.2) is 5.82 Å². The Morgan fingerprint density at radius 1 is 1.34 bits per heavy atom. The lowest BCUT2D eigenvalue weighted by Crippen LogP contribution is -2.40. The van der Waals surface area contributed by atoms with E-state index in [0.717, 1.165) is 5.56 Å². The monoisotopic (exact) mass is 394 g/mol. The van der Waals surface area contributed by atoms with E-state index < -0.39 is 0 Å². The van der Waals surface area contributed by atoms with Crippen molar-refractivity contribution in [2.75, 3.05) is 20.7 Å². The zero-order valence-corrected chi connectivity index (χ0v) is 17.1. The van der Waals surface area contributed by atoms with E-state index in [2.05, 4.69) is 16.0 Å². The number of hydrogen-bond acceptors (Lipinski definition) is 7. The van der Waals surface area contributed by atoms with E-state index >= 15 is 0 Å². The van der Waals surface area contributed by atoms with E-state index in [0.29, 0.717) is 35.8 Å². The summed E-state index contributed by atoms with van der Waals surface area (Å²) in [4.78, 5) is 10.4. The third-order valence-corrected chi connectivity index (χ3v) is 4.30. The van der Waals surface area contributed by atoms with Crippen LogP contribution in [0.2, 0.25) is 0 Å². The number of nitrogens with two attached hydrogens (primary N) is 1. The van der Waals surface area contributed by atoms with Gasteiger partial charge in [0.05, 0.1) is 29.1 Å². The van der Waals surface area contributed by atoms with Crippen LogP contribution in [-0.4, -0.2) is 47.0 Å². The molecule has 0 saturated carbocycles. The molecule has 0 saturated heterocycles. The highest BCUT2D eigenvalue weighted by Crippen LogP contribution is 2.28. The second-order valence-electron chi connectivity index (χ2n) is 7.07. The number of hydrogen-bond donors (Lipinski definition) is 2. The minimum Gasteiger partial charge on any atom is -0.464 e. The van der Waals surface area contributed by atoms with Crippen LogP contribution in [0.3, 0.4) is 0 Å². The number of nitrogens with zero attached hydrogens (tertiary/aromatic N) is 4. The molecule has 1 aromatic heterocycles. The number of benzene rings is 1.